The van der Waals surface area contributed by atoms with Gasteiger partial charge in [-0.3, -0.25) is 4.79 Å². The van der Waals surface area contributed by atoms with Crippen LogP contribution in [-0.2, 0) is 27.0 Å². The summed E-state index contributed by atoms with van der Waals surface area (Å²) in [6.45, 7) is -0.129. The number of methoxy groups -OCH3 is 1. The van der Waals surface area contributed by atoms with E-state index in [1.165, 1.54) is 7.11 Å². The Morgan fingerprint density at radius 1 is 1.12 bits per heavy atom. The van der Waals surface area contributed by atoms with Gasteiger partial charge in [-0.15, -0.1) is 0 Å². The van der Waals surface area contributed by atoms with Crippen molar-refractivity contribution in [2.45, 2.75) is 37.2 Å². The molecule has 3 aliphatic heterocycles. The van der Waals surface area contributed by atoms with E-state index in [9.17, 15) is 22.8 Å². The minimum atomic E-state index is -4.87. The molecule has 1 spiro atoms. The number of imide groups is 1. The Morgan fingerprint density at radius 2 is 1.83 bits per heavy atom. The van der Waals surface area contributed by atoms with E-state index >= 15 is 4.39 Å². The van der Waals surface area contributed by atoms with Gasteiger partial charge in [-0.25, -0.2) is 18.6 Å². The number of nitrogens with one attached hydrogen (secondary N) is 1. The van der Waals surface area contributed by atoms with E-state index in [4.69, 9.17) is 15.2 Å². The fourth-order valence-corrected chi connectivity index (χ4v) is 6.20. The number of fused-ring (bicyclic) bond motifs is 1. The number of piperidine rings is 1. The number of ether oxygens (including phenoxy) is 2. The second-order valence-electron chi connectivity index (χ2n) is 10.7. The highest BCUT2D eigenvalue weighted by atomic mass is 19.4. The molecule has 1 saturated heterocycles. The van der Waals surface area contributed by atoms with Crippen LogP contribution in [0.5, 0.6) is 0 Å². The molecule has 0 bridgehead atoms. The zero-order chi connectivity index (χ0) is 29.4. The number of hydrogen-bond acceptors (Lipinski definition) is 6. The van der Waals surface area contributed by atoms with Crippen LogP contribution in [0.2, 0.25) is 0 Å². The Kier molecular flexibility index (Phi) is 8.05. The third kappa shape index (κ3) is 5.19. The van der Waals surface area contributed by atoms with Crippen LogP contribution >= 0.6 is 0 Å². The molecule has 3 heterocycles. The average molecular weight is 578 g/mol. The van der Waals surface area contributed by atoms with Crippen molar-refractivity contribution < 1.29 is 41.1 Å². The molecule has 12 heteroatoms. The molecule has 0 radical (unpaired) electrons. The first-order chi connectivity index (χ1) is 19.5. The number of amides is 3. The molecule has 8 nitrogen and oxygen atoms in total. The van der Waals surface area contributed by atoms with Gasteiger partial charge in [-0.2, -0.15) is 13.2 Å². The van der Waals surface area contributed by atoms with E-state index in [0.717, 1.165) is 23.1 Å². The maximum atomic E-state index is 15.2. The Morgan fingerprint density at radius 3 is 2.49 bits per heavy atom. The molecule has 3 amide bonds. The molecule has 0 aromatic heterocycles. The van der Waals surface area contributed by atoms with E-state index in [0.29, 0.717) is 31.5 Å². The third-order valence-electron chi connectivity index (χ3n) is 8.35. The largest absolute Gasteiger partial charge is 0.431 e. The molecule has 41 heavy (non-hydrogen) atoms. The summed E-state index contributed by atoms with van der Waals surface area (Å²) >= 11 is 0. The summed E-state index contributed by atoms with van der Waals surface area (Å²) in [7, 11) is 1.40. The first kappa shape index (κ1) is 29.3. The predicted octanol–water partition coefficient (Wildman–Crippen LogP) is 3.88. The van der Waals surface area contributed by atoms with Crippen LogP contribution in [0.3, 0.4) is 0 Å². The SMILES string of the molecule is COCC[N@@+]1(Cc2c(F)cccc2C(F)(F)F)C(=O)N(CC(N)c2ccccc2)C(=O)C2=C1COC21CCNCC1. The number of urea groups is 1. The predicted molar refractivity (Wildman–Crippen MR) is 140 cm³/mol. The number of quaternary nitrogens is 1. The van der Waals surface area contributed by atoms with Crippen molar-refractivity contribution in [2.24, 2.45) is 5.73 Å². The number of carbonyl (C=O) groups excluding carboxylic acids is 2. The second-order valence-corrected chi connectivity index (χ2v) is 10.7. The van der Waals surface area contributed by atoms with Crippen molar-refractivity contribution >= 4 is 11.9 Å². The van der Waals surface area contributed by atoms with Crippen LogP contribution in [-0.4, -0.2) is 73.4 Å². The van der Waals surface area contributed by atoms with Crippen LogP contribution in [0, 0.1) is 5.82 Å². The van der Waals surface area contributed by atoms with Crippen LogP contribution in [0.4, 0.5) is 22.4 Å². The van der Waals surface area contributed by atoms with Crippen molar-refractivity contribution in [1.29, 1.82) is 0 Å². The number of carbonyl (C=O) groups is 2. The van der Waals surface area contributed by atoms with Crippen molar-refractivity contribution in [3.05, 3.63) is 82.3 Å². The molecule has 2 aromatic rings. The number of alkyl halides is 3. The van der Waals surface area contributed by atoms with Crippen LogP contribution < -0.4 is 11.1 Å². The van der Waals surface area contributed by atoms with Gasteiger partial charge in [-0.05, 0) is 43.6 Å². The van der Waals surface area contributed by atoms with E-state index in [1.54, 1.807) is 30.3 Å². The van der Waals surface area contributed by atoms with Crippen LogP contribution in [0.1, 0.15) is 35.6 Å². The highest BCUT2D eigenvalue weighted by molar-refractivity contribution is 6.06. The number of halogens is 4. The molecule has 2 aromatic carbocycles. The summed E-state index contributed by atoms with van der Waals surface area (Å²) in [5.74, 6) is -1.67. The van der Waals surface area contributed by atoms with Crippen molar-refractivity contribution in [3.63, 3.8) is 0 Å². The number of hydrogen-bond donors (Lipinski definition) is 2. The van der Waals surface area contributed by atoms with Gasteiger partial charge in [-0.1, -0.05) is 36.4 Å². The van der Waals surface area contributed by atoms with Gasteiger partial charge in [0.05, 0.1) is 24.3 Å². The standard InChI is InChI=1S/C29H33F4N4O4/c1-40-15-14-37(17-20-21(29(31,32)33)8-5-9-22(20)30)24-18-41-28(10-12-35-13-11-28)25(24)26(38)36(27(37)39)16-23(34)19-6-3-2-4-7-19/h2-9,23,35H,10-18,34H2,1H3/q+1/t23?,37-/m0/s1. The Balaban J connectivity index is 1.69. The summed E-state index contributed by atoms with van der Waals surface area (Å²) in [5, 5.41) is 3.23. The van der Waals surface area contributed by atoms with Gasteiger partial charge in [0.15, 0.2) is 5.70 Å². The van der Waals surface area contributed by atoms with Gasteiger partial charge in [0, 0.05) is 13.2 Å². The maximum Gasteiger partial charge on any atom is 0.431 e. The Hall–Kier alpha value is -3.16. The second kappa shape index (κ2) is 11.3. The third-order valence-corrected chi connectivity index (χ3v) is 8.35. The van der Waals surface area contributed by atoms with Crippen LogP contribution in [0.15, 0.2) is 59.8 Å². The van der Waals surface area contributed by atoms with Gasteiger partial charge in [0.25, 0.3) is 5.91 Å². The normalized spacial score (nSPS) is 23.3. The van der Waals surface area contributed by atoms with Crippen molar-refractivity contribution in [3.8, 4) is 0 Å². The molecule has 1 unspecified atom stereocenters. The lowest BCUT2D eigenvalue weighted by atomic mass is 9.82. The lowest BCUT2D eigenvalue weighted by molar-refractivity contribution is -0.832. The molecular weight excluding hydrogens is 544 g/mol. The summed E-state index contributed by atoms with van der Waals surface area (Å²) in [4.78, 5) is 29.7. The van der Waals surface area contributed by atoms with Crippen molar-refractivity contribution in [2.75, 3.05) is 46.5 Å². The Labute approximate surface area is 235 Å². The topological polar surface area (TPSA) is 93.9 Å². The number of rotatable bonds is 8. The highest BCUT2D eigenvalue weighted by Gasteiger charge is 2.62. The summed E-state index contributed by atoms with van der Waals surface area (Å²) in [6, 6.07) is 10.1. The zero-order valence-corrected chi connectivity index (χ0v) is 22.7. The maximum absolute atomic E-state index is 15.2. The fourth-order valence-electron chi connectivity index (χ4n) is 6.20. The molecule has 3 N–H and O–H groups in total. The van der Waals surface area contributed by atoms with Crippen molar-refractivity contribution in [1.82, 2.24) is 10.2 Å². The summed E-state index contributed by atoms with van der Waals surface area (Å²) < 4.78 is 68.3. The molecule has 2 atom stereocenters. The van der Waals surface area contributed by atoms with E-state index in [1.807, 2.05) is 0 Å². The molecule has 5 rings (SSSR count). The molecule has 220 valence electrons. The molecule has 0 aliphatic carbocycles. The number of nitrogens with two attached hydrogens (primary N) is 1. The summed E-state index contributed by atoms with van der Waals surface area (Å²) in [6.07, 6.45) is -4.00. The monoisotopic (exact) mass is 577 g/mol. The Bertz CT molecular complexity index is 1340. The molecule has 3 aliphatic rings. The fraction of sp³-hybridized carbons (Fsp3) is 0.448. The first-order valence-corrected chi connectivity index (χ1v) is 13.5. The number of nitrogens with zero attached hydrogens (tertiary/aromatic N) is 2. The molecule has 1 fully saturated rings. The molecule has 0 saturated carbocycles. The zero-order valence-electron chi connectivity index (χ0n) is 22.7. The smallest absolute Gasteiger partial charge is 0.379 e. The first-order valence-electron chi connectivity index (χ1n) is 13.5. The van der Waals surface area contributed by atoms with Gasteiger partial charge in [0.2, 0.25) is 0 Å². The lowest BCUT2D eigenvalue weighted by Gasteiger charge is -2.44. The minimum absolute atomic E-state index is 0.0420. The van der Waals surface area contributed by atoms with Gasteiger partial charge in [0.1, 0.15) is 36.7 Å². The number of benzene rings is 2. The molecular formula is C29H33F4N4O4+. The van der Waals surface area contributed by atoms with Gasteiger partial charge < -0.3 is 20.5 Å². The van der Waals surface area contributed by atoms with E-state index < -0.39 is 57.7 Å². The highest BCUT2D eigenvalue weighted by Crippen LogP contribution is 2.48. The average Bonchev–Trinajstić information content (AvgIpc) is 3.32. The minimum Gasteiger partial charge on any atom is -0.379 e. The lowest BCUT2D eigenvalue weighted by Crippen LogP contribution is -2.65. The van der Waals surface area contributed by atoms with E-state index in [2.05, 4.69) is 5.32 Å². The van der Waals surface area contributed by atoms with Gasteiger partial charge >= 0.3 is 12.2 Å². The summed E-state index contributed by atoms with van der Waals surface area (Å²) in [5.41, 5.74) is 4.77. The quantitative estimate of drug-likeness (QED) is 0.366. The van der Waals surface area contributed by atoms with E-state index in [-0.39, 0.29) is 37.6 Å². The van der Waals surface area contributed by atoms with Crippen LogP contribution in [0.25, 0.3) is 0 Å².